The van der Waals surface area contributed by atoms with E-state index in [2.05, 4.69) is 17.4 Å². The molecule has 1 fully saturated rings. The lowest BCUT2D eigenvalue weighted by Crippen LogP contribution is -2.34. The van der Waals surface area contributed by atoms with Gasteiger partial charge in [-0.05, 0) is 55.8 Å². The van der Waals surface area contributed by atoms with Gasteiger partial charge in [0.15, 0.2) is 0 Å². The van der Waals surface area contributed by atoms with Crippen LogP contribution >= 0.6 is 11.8 Å². The van der Waals surface area contributed by atoms with Gasteiger partial charge in [-0.15, -0.1) is 11.8 Å². The number of methoxy groups -OCH3 is 1. The second kappa shape index (κ2) is 6.92. The van der Waals surface area contributed by atoms with Crippen LogP contribution in [0.4, 0.5) is 0 Å². The van der Waals surface area contributed by atoms with Gasteiger partial charge in [0.25, 0.3) is 0 Å². The number of rotatable bonds is 5. The lowest BCUT2D eigenvalue weighted by molar-refractivity contribution is 0.395. The Morgan fingerprint density at radius 1 is 1.29 bits per heavy atom. The molecule has 17 heavy (non-hydrogen) atoms. The average Bonchev–Trinajstić information content (AvgIpc) is 2.41. The summed E-state index contributed by atoms with van der Waals surface area (Å²) in [4.78, 5) is 1.33. The summed E-state index contributed by atoms with van der Waals surface area (Å²) >= 11 is 1.94. The molecule has 0 aliphatic carbocycles. The second-order valence-corrected chi connectivity index (χ2v) is 5.63. The van der Waals surface area contributed by atoms with E-state index in [1.807, 2.05) is 23.9 Å². The van der Waals surface area contributed by atoms with E-state index in [4.69, 9.17) is 4.74 Å². The zero-order valence-corrected chi connectivity index (χ0v) is 11.3. The lowest BCUT2D eigenvalue weighted by Gasteiger charge is -2.23. The van der Waals surface area contributed by atoms with Crippen LogP contribution in [0.3, 0.4) is 0 Å². The molecule has 94 valence electrons. The zero-order valence-electron chi connectivity index (χ0n) is 10.4. The quantitative estimate of drug-likeness (QED) is 0.811. The minimum Gasteiger partial charge on any atom is -0.497 e. The van der Waals surface area contributed by atoms with Gasteiger partial charge in [-0.3, -0.25) is 0 Å². The molecule has 1 heterocycles. The van der Waals surface area contributed by atoms with E-state index in [1.165, 1.54) is 42.9 Å². The molecule has 0 spiro atoms. The van der Waals surface area contributed by atoms with Crippen molar-refractivity contribution < 1.29 is 4.74 Å². The fourth-order valence-electron chi connectivity index (χ4n) is 2.16. The predicted molar refractivity (Wildman–Crippen MR) is 74.0 cm³/mol. The Kier molecular flexibility index (Phi) is 5.20. The highest BCUT2D eigenvalue weighted by molar-refractivity contribution is 7.99. The summed E-state index contributed by atoms with van der Waals surface area (Å²) in [5.41, 5.74) is 0. The van der Waals surface area contributed by atoms with Crippen LogP contribution in [0.2, 0.25) is 0 Å². The van der Waals surface area contributed by atoms with Crippen LogP contribution in [-0.2, 0) is 0 Å². The molecule has 0 aromatic heterocycles. The number of hydrogen-bond donors (Lipinski definition) is 1. The number of benzene rings is 1. The van der Waals surface area contributed by atoms with E-state index in [-0.39, 0.29) is 0 Å². The molecular weight excluding hydrogens is 230 g/mol. The van der Waals surface area contributed by atoms with Gasteiger partial charge in [-0.25, -0.2) is 0 Å². The Hall–Kier alpha value is -0.670. The van der Waals surface area contributed by atoms with Crippen molar-refractivity contribution in [3.05, 3.63) is 24.3 Å². The first kappa shape index (κ1) is 12.8. The van der Waals surface area contributed by atoms with Crippen LogP contribution in [0.15, 0.2) is 29.2 Å². The first-order valence-electron chi connectivity index (χ1n) is 6.39. The summed E-state index contributed by atoms with van der Waals surface area (Å²) in [6, 6.07) is 9.08. The number of nitrogens with one attached hydrogen (secondary N) is 1. The summed E-state index contributed by atoms with van der Waals surface area (Å²) in [5, 5.41) is 3.59. The van der Waals surface area contributed by atoms with Crippen molar-refractivity contribution in [2.75, 3.05) is 19.4 Å². The van der Waals surface area contributed by atoms with Crippen LogP contribution in [0, 0.1) is 0 Å². The number of piperidine rings is 1. The van der Waals surface area contributed by atoms with E-state index in [0.717, 1.165) is 11.8 Å². The van der Waals surface area contributed by atoms with Crippen molar-refractivity contribution in [3.63, 3.8) is 0 Å². The number of thioether (sulfide) groups is 1. The van der Waals surface area contributed by atoms with Gasteiger partial charge in [0, 0.05) is 10.9 Å². The molecule has 1 unspecified atom stereocenters. The monoisotopic (exact) mass is 251 g/mol. The summed E-state index contributed by atoms with van der Waals surface area (Å²) in [7, 11) is 1.71. The Labute approximate surface area is 108 Å². The van der Waals surface area contributed by atoms with Crippen molar-refractivity contribution in [3.8, 4) is 5.75 Å². The van der Waals surface area contributed by atoms with Crippen LogP contribution in [0.1, 0.15) is 25.7 Å². The minimum atomic E-state index is 0.745. The standard InChI is InChI=1S/C14H21NOS/c1-16-13-5-7-14(8-6-13)17-11-9-12-4-2-3-10-15-12/h5-8,12,15H,2-4,9-11H2,1H3. The van der Waals surface area contributed by atoms with Crippen LogP contribution < -0.4 is 10.1 Å². The third-order valence-corrected chi connectivity index (χ3v) is 4.25. The molecule has 2 nitrogen and oxygen atoms in total. The van der Waals surface area contributed by atoms with Gasteiger partial charge in [-0.2, -0.15) is 0 Å². The summed E-state index contributed by atoms with van der Waals surface area (Å²) < 4.78 is 5.15. The molecule has 1 saturated heterocycles. The molecule has 3 heteroatoms. The first-order chi connectivity index (χ1) is 8.38. The van der Waals surface area contributed by atoms with E-state index in [9.17, 15) is 0 Å². The maximum absolute atomic E-state index is 5.15. The van der Waals surface area contributed by atoms with Gasteiger partial charge in [0.1, 0.15) is 5.75 Å². The van der Waals surface area contributed by atoms with E-state index in [0.29, 0.717) is 0 Å². The SMILES string of the molecule is COc1ccc(SCCC2CCCCN2)cc1. The third-order valence-electron chi connectivity index (χ3n) is 3.21. The Morgan fingerprint density at radius 2 is 2.12 bits per heavy atom. The fourth-order valence-corrected chi connectivity index (χ4v) is 3.13. The molecule has 1 atom stereocenters. The molecule has 0 bridgehead atoms. The normalized spacial score (nSPS) is 20.2. The van der Waals surface area contributed by atoms with Gasteiger partial charge in [0.2, 0.25) is 0 Å². The van der Waals surface area contributed by atoms with Crippen LogP contribution in [0.25, 0.3) is 0 Å². The molecule has 2 rings (SSSR count). The molecule has 1 aromatic rings. The third kappa shape index (κ3) is 4.25. The summed E-state index contributed by atoms with van der Waals surface area (Å²) in [6.07, 6.45) is 5.37. The minimum absolute atomic E-state index is 0.745. The smallest absolute Gasteiger partial charge is 0.118 e. The molecule has 1 aliphatic rings. The van der Waals surface area contributed by atoms with E-state index >= 15 is 0 Å². The van der Waals surface area contributed by atoms with Crippen molar-refractivity contribution in [1.82, 2.24) is 5.32 Å². The lowest BCUT2D eigenvalue weighted by atomic mass is 10.0. The molecule has 0 radical (unpaired) electrons. The predicted octanol–water partition coefficient (Wildman–Crippen LogP) is 3.32. The topological polar surface area (TPSA) is 21.3 Å². The maximum Gasteiger partial charge on any atom is 0.118 e. The van der Waals surface area contributed by atoms with E-state index in [1.54, 1.807) is 7.11 Å². The highest BCUT2D eigenvalue weighted by Gasteiger charge is 2.11. The largest absolute Gasteiger partial charge is 0.497 e. The van der Waals surface area contributed by atoms with Crippen LogP contribution in [-0.4, -0.2) is 25.4 Å². The van der Waals surface area contributed by atoms with E-state index < -0.39 is 0 Å². The molecular formula is C14H21NOS. The highest BCUT2D eigenvalue weighted by Crippen LogP contribution is 2.23. The van der Waals surface area contributed by atoms with Crippen molar-refractivity contribution in [1.29, 1.82) is 0 Å². The van der Waals surface area contributed by atoms with Crippen molar-refractivity contribution in [2.24, 2.45) is 0 Å². The summed E-state index contributed by atoms with van der Waals surface area (Å²) in [6.45, 7) is 1.21. The van der Waals surface area contributed by atoms with Gasteiger partial charge in [-0.1, -0.05) is 6.42 Å². The molecule has 1 N–H and O–H groups in total. The first-order valence-corrected chi connectivity index (χ1v) is 7.37. The Balaban J connectivity index is 1.69. The average molecular weight is 251 g/mol. The Bertz CT molecular complexity index is 319. The highest BCUT2D eigenvalue weighted by atomic mass is 32.2. The fraction of sp³-hybridized carbons (Fsp3) is 0.571. The zero-order chi connectivity index (χ0) is 11.9. The number of ether oxygens (including phenoxy) is 1. The molecule has 1 aromatic carbocycles. The Morgan fingerprint density at radius 3 is 2.76 bits per heavy atom. The number of hydrogen-bond acceptors (Lipinski definition) is 3. The summed E-state index contributed by atoms with van der Waals surface area (Å²) in [5.74, 6) is 2.13. The second-order valence-electron chi connectivity index (χ2n) is 4.46. The molecule has 0 amide bonds. The van der Waals surface area contributed by atoms with Gasteiger partial charge in [0.05, 0.1) is 7.11 Å². The van der Waals surface area contributed by atoms with Gasteiger partial charge < -0.3 is 10.1 Å². The molecule has 1 aliphatic heterocycles. The van der Waals surface area contributed by atoms with Gasteiger partial charge >= 0.3 is 0 Å². The molecule has 0 saturated carbocycles. The maximum atomic E-state index is 5.15. The van der Waals surface area contributed by atoms with Crippen LogP contribution in [0.5, 0.6) is 5.75 Å². The van der Waals surface area contributed by atoms with Crippen molar-refractivity contribution >= 4 is 11.8 Å². The van der Waals surface area contributed by atoms with Crippen molar-refractivity contribution in [2.45, 2.75) is 36.6 Å².